The molecule has 2 N–H and O–H groups in total. The number of nitrogens with one attached hydrogen (secondary N) is 2. The Morgan fingerprint density at radius 2 is 2.15 bits per heavy atom. The molecule has 0 atom stereocenters. The Balaban J connectivity index is 1.26. The van der Waals surface area contributed by atoms with Gasteiger partial charge in [-0.15, -0.1) is 0 Å². The van der Waals surface area contributed by atoms with E-state index in [0.29, 0.717) is 24.6 Å². The Bertz CT molecular complexity index is 956. The molecule has 0 fully saturated rings. The molecule has 1 aliphatic heterocycles. The van der Waals surface area contributed by atoms with Gasteiger partial charge in [0.25, 0.3) is 0 Å². The number of carbonyl (C=O) groups is 1. The maximum Gasteiger partial charge on any atom is 0.345 e. The van der Waals surface area contributed by atoms with E-state index in [1.165, 1.54) is 16.0 Å². The fourth-order valence-electron chi connectivity index (χ4n) is 3.09. The van der Waals surface area contributed by atoms with E-state index in [2.05, 4.69) is 20.7 Å². The average Bonchev–Trinajstić information content (AvgIpc) is 3.19. The van der Waals surface area contributed by atoms with Crippen LogP contribution in [0.25, 0.3) is 10.2 Å². The van der Waals surface area contributed by atoms with Gasteiger partial charge in [-0.1, -0.05) is 23.5 Å². The molecule has 8 nitrogen and oxygen atoms in total. The molecule has 4 rings (SSSR count). The first-order chi connectivity index (χ1) is 12.7. The molecule has 0 spiro atoms. The number of benzene rings is 1. The highest BCUT2D eigenvalue weighted by molar-refractivity contribution is 7.22. The second-order valence-corrected chi connectivity index (χ2v) is 7.28. The molecule has 0 aliphatic carbocycles. The predicted molar refractivity (Wildman–Crippen MR) is 101 cm³/mol. The number of anilines is 1. The summed E-state index contributed by atoms with van der Waals surface area (Å²) in [5.41, 5.74) is 0.828. The summed E-state index contributed by atoms with van der Waals surface area (Å²) in [6.45, 7) is 1.72. The number of aryl methyl sites for hydroxylation is 2. The largest absolute Gasteiger partial charge is 0.345 e. The van der Waals surface area contributed by atoms with Crippen LogP contribution in [0, 0.1) is 0 Å². The van der Waals surface area contributed by atoms with Crippen molar-refractivity contribution in [2.75, 3.05) is 11.9 Å². The van der Waals surface area contributed by atoms with Crippen LogP contribution >= 0.6 is 11.3 Å². The molecule has 9 heteroatoms. The fourth-order valence-corrected chi connectivity index (χ4v) is 3.95. The molecule has 1 aliphatic rings. The molecule has 2 amide bonds. The van der Waals surface area contributed by atoms with E-state index in [4.69, 9.17) is 0 Å². The van der Waals surface area contributed by atoms with E-state index >= 15 is 0 Å². The third kappa shape index (κ3) is 3.48. The van der Waals surface area contributed by atoms with Crippen molar-refractivity contribution in [3.63, 3.8) is 0 Å². The molecule has 136 valence electrons. The maximum absolute atomic E-state index is 12.2. The Morgan fingerprint density at radius 3 is 3.00 bits per heavy atom. The van der Waals surface area contributed by atoms with Crippen LogP contribution in [0.2, 0.25) is 0 Å². The van der Waals surface area contributed by atoms with Crippen LogP contribution in [-0.2, 0) is 19.5 Å². The van der Waals surface area contributed by atoms with Gasteiger partial charge in [-0.25, -0.2) is 19.3 Å². The van der Waals surface area contributed by atoms with E-state index in [-0.39, 0.29) is 11.7 Å². The van der Waals surface area contributed by atoms with E-state index in [1.807, 2.05) is 24.3 Å². The highest BCUT2D eigenvalue weighted by Gasteiger charge is 2.16. The van der Waals surface area contributed by atoms with E-state index < -0.39 is 0 Å². The summed E-state index contributed by atoms with van der Waals surface area (Å²) in [7, 11) is 0. The van der Waals surface area contributed by atoms with Crippen molar-refractivity contribution in [2.45, 2.75) is 38.8 Å². The standard InChI is InChI=1S/C17H20N6O2S/c24-15(20-16-19-12-6-1-2-7-13(12)26-16)18-9-5-11-23-17(25)22-10-4-3-8-14(22)21-23/h1-2,6-7H,3-5,8-11H2,(H2,18,19,20,24). The average molecular weight is 372 g/mol. The summed E-state index contributed by atoms with van der Waals surface area (Å²) in [6, 6.07) is 7.46. The van der Waals surface area contributed by atoms with Crippen molar-refractivity contribution in [1.82, 2.24) is 24.6 Å². The van der Waals surface area contributed by atoms with Gasteiger partial charge in [-0.2, -0.15) is 5.10 Å². The van der Waals surface area contributed by atoms with E-state index in [0.717, 1.165) is 41.8 Å². The molecule has 2 aromatic heterocycles. The number of amides is 2. The van der Waals surface area contributed by atoms with Gasteiger partial charge in [0.05, 0.1) is 10.2 Å². The molecule has 0 saturated carbocycles. The first kappa shape index (κ1) is 16.8. The van der Waals surface area contributed by atoms with Gasteiger partial charge < -0.3 is 5.32 Å². The van der Waals surface area contributed by atoms with Crippen molar-refractivity contribution < 1.29 is 4.79 Å². The summed E-state index contributed by atoms with van der Waals surface area (Å²) in [5, 5.41) is 10.5. The lowest BCUT2D eigenvalue weighted by Crippen LogP contribution is -2.31. The highest BCUT2D eigenvalue weighted by atomic mass is 32.1. The van der Waals surface area contributed by atoms with Crippen LogP contribution < -0.4 is 16.3 Å². The van der Waals surface area contributed by atoms with Crippen molar-refractivity contribution in [3.8, 4) is 0 Å². The fraction of sp³-hybridized carbons (Fsp3) is 0.412. The monoisotopic (exact) mass is 372 g/mol. The minimum absolute atomic E-state index is 0.0429. The SMILES string of the molecule is O=C(NCCCn1nc2n(c1=O)CCCC2)Nc1nc2ccccc2s1. The zero-order valence-corrected chi connectivity index (χ0v) is 15.1. The van der Waals surface area contributed by atoms with E-state index in [1.54, 1.807) is 4.57 Å². The van der Waals surface area contributed by atoms with Crippen LogP contribution in [0.5, 0.6) is 0 Å². The quantitative estimate of drug-likeness (QED) is 0.672. The van der Waals surface area contributed by atoms with Crippen molar-refractivity contribution in [2.24, 2.45) is 0 Å². The van der Waals surface area contributed by atoms with Crippen LogP contribution in [-0.4, -0.2) is 31.9 Å². The minimum atomic E-state index is -0.291. The normalized spacial score (nSPS) is 13.5. The van der Waals surface area contributed by atoms with Gasteiger partial charge in [-0.05, 0) is 31.4 Å². The zero-order valence-electron chi connectivity index (χ0n) is 14.3. The predicted octanol–water partition coefficient (Wildman–Crippen LogP) is 2.20. The van der Waals surface area contributed by atoms with Gasteiger partial charge in [0.15, 0.2) is 5.13 Å². The van der Waals surface area contributed by atoms with Crippen LogP contribution in [0.4, 0.5) is 9.93 Å². The van der Waals surface area contributed by atoms with Crippen LogP contribution in [0.3, 0.4) is 0 Å². The molecular formula is C17H20N6O2S. The van der Waals surface area contributed by atoms with Gasteiger partial charge >= 0.3 is 11.7 Å². The molecule has 3 heterocycles. The third-order valence-electron chi connectivity index (χ3n) is 4.38. The highest BCUT2D eigenvalue weighted by Crippen LogP contribution is 2.25. The smallest absolute Gasteiger partial charge is 0.338 e. The number of hydrogen-bond acceptors (Lipinski definition) is 5. The summed E-state index contributed by atoms with van der Waals surface area (Å²) < 4.78 is 4.30. The van der Waals surface area contributed by atoms with Crippen molar-refractivity contribution in [3.05, 3.63) is 40.6 Å². The Kier molecular flexibility index (Phi) is 4.70. The van der Waals surface area contributed by atoms with Gasteiger partial charge in [0.2, 0.25) is 0 Å². The summed E-state index contributed by atoms with van der Waals surface area (Å²) in [6.07, 6.45) is 3.63. The van der Waals surface area contributed by atoms with Crippen molar-refractivity contribution >= 4 is 32.7 Å². The lowest BCUT2D eigenvalue weighted by atomic mass is 10.2. The Labute approximate surface area is 153 Å². The summed E-state index contributed by atoms with van der Waals surface area (Å²) in [5.74, 6) is 0.878. The van der Waals surface area contributed by atoms with Gasteiger partial charge in [0, 0.05) is 26.1 Å². The molecule has 0 saturated heterocycles. The number of para-hydroxylation sites is 1. The third-order valence-corrected chi connectivity index (χ3v) is 5.33. The van der Waals surface area contributed by atoms with Crippen LogP contribution in [0.1, 0.15) is 25.1 Å². The molecule has 0 unspecified atom stereocenters. The number of carbonyl (C=O) groups excluding carboxylic acids is 1. The van der Waals surface area contributed by atoms with Crippen molar-refractivity contribution in [1.29, 1.82) is 0 Å². The Morgan fingerprint density at radius 1 is 1.27 bits per heavy atom. The number of rotatable bonds is 5. The molecule has 0 radical (unpaired) electrons. The van der Waals surface area contributed by atoms with E-state index in [9.17, 15) is 9.59 Å². The van der Waals surface area contributed by atoms with Gasteiger partial charge in [-0.3, -0.25) is 9.88 Å². The summed E-state index contributed by atoms with van der Waals surface area (Å²) in [4.78, 5) is 28.6. The number of urea groups is 1. The zero-order chi connectivity index (χ0) is 17.9. The number of fused-ring (bicyclic) bond motifs is 2. The first-order valence-corrected chi connectivity index (χ1v) is 9.59. The maximum atomic E-state index is 12.2. The number of nitrogens with zero attached hydrogens (tertiary/aromatic N) is 4. The number of aromatic nitrogens is 4. The molecule has 3 aromatic rings. The molecule has 1 aromatic carbocycles. The molecule has 26 heavy (non-hydrogen) atoms. The topological polar surface area (TPSA) is 93.8 Å². The molecular weight excluding hydrogens is 352 g/mol. The minimum Gasteiger partial charge on any atom is -0.338 e. The number of hydrogen-bond donors (Lipinski definition) is 2. The lowest BCUT2D eigenvalue weighted by Gasteiger charge is -2.09. The number of thiazole rings is 1. The molecule has 0 bridgehead atoms. The van der Waals surface area contributed by atoms with Gasteiger partial charge in [0.1, 0.15) is 5.82 Å². The summed E-state index contributed by atoms with van der Waals surface area (Å²) >= 11 is 1.44. The van der Waals surface area contributed by atoms with Crippen LogP contribution in [0.15, 0.2) is 29.1 Å². The lowest BCUT2D eigenvalue weighted by molar-refractivity contribution is 0.251. The second-order valence-electron chi connectivity index (χ2n) is 6.25. The first-order valence-electron chi connectivity index (χ1n) is 8.78. The Hall–Kier alpha value is -2.68. The second kappa shape index (κ2) is 7.28.